The van der Waals surface area contributed by atoms with Crippen LogP contribution < -0.4 is 0 Å². The normalized spacial score (nSPS) is 8.43. The Morgan fingerprint density at radius 3 is 1.00 bits per heavy atom. The van der Waals surface area contributed by atoms with Crippen LogP contribution in [0.25, 0.3) is 0 Å². The molecule has 0 rings (SSSR count). The molecule has 0 bridgehead atoms. The summed E-state index contributed by atoms with van der Waals surface area (Å²) in [7, 11) is 0. The van der Waals surface area contributed by atoms with E-state index in [1.54, 1.807) is 0 Å². The van der Waals surface area contributed by atoms with Gasteiger partial charge in [0.05, 0.1) is 0 Å². The van der Waals surface area contributed by atoms with E-state index in [0.717, 1.165) is 6.92 Å². The van der Waals surface area contributed by atoms with Crippen LogP contribution in [0.5, 0.6) is 0 Å². The number of carboxylic acids is 4. The third-order valence-corrected chi connectivity index (χ3v) is 0.924. The number of carboxylic acid groups (broad SMARTS) is 4. The zero-order chi connectivity index (χ0) is 11.9. The number of hydrogen-bond donors (Lipinski definition) is 4. The summed E-state index contributed by atoms with van der Waals surface area (Å²) in [6.07, 6.45) is 0. The van der Waals surface area contributed by atoms with E-state index in [9.17, 15) is 9.59 Å². The van der Waals surface area contributed by atoms with Gasteiger partial charge in [-0.15, -0.1) is 0 Å². The molecule has 4 N–H and O–H groups in total. The lowest BCUT2D eigenvalue weighted by molar-refractivity contribution is -0.159. The van der Waals surface area contributed by atoms with E-state index in [0.29, 0.717) is 0 Å². The second kappa shape index (κ2) is 6.40. The standard InChI is InChI=1S/C4H6O4.C2H2O4/c1-2(3(5)6)4(7)8;3-1(4)2(5)6/h2H,1H3,(H,5,6)(H,7,8);(H,3,4)(H,5,6). The first-order chi connectivity index (χ1) is 6.20. The van der Waals surface area contributed by atoms with Crippen molar-refractivity contribution >= 4 is 23.9 Å². The van der Waals surface area contributed by atoms with Gasteiger partial charge in [-0.1, -0.05) is 0 Å². The molecule has 0 spiro atoms. The first kappa shape index (κ1) is 14.4. The van der Waals surface area contributed by atoms with Gasteiger partial charge in [0.25, 0.3) is 0 Å². The smallest absolute Gasteiger partial charge is 0.414 e. The number of hydrogen-bond acceptors (Lipinski definition) is 4. The molecule has 0 amide bonds. The Hall–Kier alpha value is -2.12. The molecule has 0 aliphatic heterocycles. The molecule has 8 nitrogen and oxygen atoms in total. The fraction of sp³-hybridized carbons (Fsp3) is 0.333. The molecule has 14 heavy (non-hydrogen) atoms. The predicted octanol–water partition coefficient (Wildman–Crippen LogP) is -1.05. The van der Waals surface area contributed by atoms with Crippen molar-refractivity contribution in [3.63, 3.8) is 0 Å². The average molecular weight is 208 g/mol. The van der Waals surface area contributed by atoms with Crippen molar-refractivity contribution in [3.05, 3.63) is 0 Å². The van der Waals surface area contributed by atoms with Gasteiger partial charge >= 0.3 is 23.9 Å². The molecule has 0 aliphatic rings. The zero-order valence-electron chi connectivity index (χ0n) is 7.00. The third kappa shape index (κ3) is 7.98. The van der Waals surface area contributed by atoms with Crippen molar-refractivity contribution < 1.29 is 39.6 Å². The molecular formula is C6H8O8. The van der Waals surface area contributed by atoms with Gasteiger partial charge in [0.1, 0.15) is 0 Å². The molecule has 80 valence electrons. The molecule has 0 unspecified atom stereocenters. The quantitative estimate of drug-likeness (QED) is 0.331. The summed E-state index contributed by atoms with van der Waals surface area (Å²) in [5, 5.41) is 30.7. The molecular weight excluding hydrogens is 200 g/mol. The van der Waals surface area contributed by atoms with Crippen LogP contribution >= 0.6 is 0 Å². The summed E-state index contributed by atoms with van der Waals surface area (Å²) in [5.74, 6) is -7.56. The van der Waals surface area contributed by atoms with Crippen LogP contribution in [0, 0.1) is 5.92 Å². The second-order valence-electron chi connectivity index (χ2n) is 2.01. The van der Waals surface area contributed by atoms with Crippen molar-refractivity contribution in [2.24, 2.45) is 5.92 Å². The Balaban J connectivity index is 0. The fourth-order valence-corrected chi connectivity index (χ4v) is 0.106. The first-order valence-corrected chi connectivity index (χ1v) is 3.12. The molecule has 0 aliphatic carbocycles. The Kier molecular flexibility index (Phi) is 6.59. The molecule has 0 aromatic heterocycles. The van der Waals surface area contributed by atoms with Crippen molar-refractivity contribution in [2.75, 3.05) is 0 Å². The van der Waals surface area contributed by atoms with Crippen LogP contribution in [-0.2, 0) is 19.2 Å². The number of aliphatic carboxylic acids is 4. The largest absolute Gasteiger partial charge is 0.481 e. The molecule has 0 aromatic carbocycles. The zero-order valence-corrected chi connectivity index (χ0v) is 7.00. The van der Waals surface area contributed by atoms with Crippen LogP contribution in [0.3, 0.4) is 0 Å². The third-order valence-electron chi connectivity index (χ3n) is 0.924. The maximum atomic E-state index is 9.76. The van der Waals surface area contributed by atoms with Crippen LogP contribution in [0.2, 0.25) is 0 Å². The SMILES string of the molecule is CC(C(=O)O)C(=O)O.O=C(O)C(=O)O. The van der Waals surface area contributed by atoms with Crippen molar-refractivity contribution in [3.8, 4) is 0 Å². The summed E-state index contributed by atoms with van der Waals surface area (Å²) < 4.78 is 0. The van der Waals surface area contributed by atoms with Gasteiger partial charge in [0, 0.05) is 0 Å². The highest BCUT2D eigenvalue weighted by molar-refractivity contribution is 6.27. The van der Waals surface area contributed by atoms with Crippen LogP contribution in [-0.4, -0.2) is 44.3 Å². The van der Waals surface area contributed by atoms with Gasteiger partial charge in [0.2, 0.25) is 0 Å². The van der Waals surface area contributed by atoms with Gasteiger partial charge in [-0.25, -0.2) is 9.59 Å². The summed E-state index contributed by atoms with van der Waals surface area (Å²) in [4.78, 5) is 37.7. The van der Waals surface area contributed by atoms with Crippen molar-refractivity contribution in [2.45, 2.75) is 6.92 Å². The maximum Gasteiger partial charge on any atom is 0.414 e. The van der Waals surface area contributed by atoms with Crippen molar-refractivity contribution in [1.29, 1.82) is 0 Å². The minimum absolute atomic E-state index is 1.12. The highest BCUT2D eigenvalue weighted by Crippen LogP contribution is 1.91. The monoisotopic (exact) mass is 208 g/mol. The molecule has 0 radical (unpaired) electrons. The Bertz CT molecular complexity index is 229. The minimum atomic E-state index is -1.82. The topological polar surface area (TPSA) is 149 Å². The van der Waals surface area contributed by atoms with Gasteiger partial charge in [-0.05, 0) is 6.92 Å². The lowest BCUT2D eigenvalue weighted by Gasteiger charge is -1.94. The van der Waals surface area contributed by atoms with Crippen LogP contribution in [0.15, 0.2) is 0 Å². The van der Waals surface area contributed by atoms with E-state index in [1.165, 1.54) is 0 Å². The van der Waals surface area contributed by atoms with Crippen LogP contribution in [0.1, 0.15) is 6.92 Å². The molecule has 0 aromatic rings. The Morgan fingerprint density at radius 1 is 0.786 bits per heavy atom. The lowest BCUT2D eigenvalue weighted by atomic mass is 10.2. The van der Waals surface area contributed by atoms with E-state index in [1.807, 2.05) is 0 Å². The summed E-state index contributed by atoms with van der Waals surface area (Å²) in [6, 6.07) is 0. The second-order valence-corrected chi connectivity index (χ2v) is 2.01. The van der Waals surface area contributed by atoms with E-state index >= 15 is 0 Å². The fourth-order valence-electron chi connectivity index (χ4n) is 0.106. The van der Waals surface area contributed by atoms with E-state index in [4.69, 9.17) is 30.0 Å². The molecule has 0 fully saturated rings. The van der Waals surface area contributed by atoms with Gasteiger partial charge in [-0.3, -0.25) is 9.59 Å². The summed E-state index contributed by atoms with van der Waals surface area (Å²) >= 11 is 0. The number of rotatable bonds is 2. The Morgan fingerprint density at radius 2 is 1.00 bits per heavy atom. The predicted molar refractivity (Wildman–Crippen MR) is 39.7 cm³/mol. The van der Waals surface area contributed by atoms with E-state index < -0.39 is 29.8 Å². The lowest BCUT2D eigenvalue weighted by Crippen LogP contribution is -2.19. The highest BCUT2D eigenvalue weighted by atomic mass is 16.4. The van der Waals surface area contributed by atoms with E-state index in [-0.39, 0.29) is 0 Å². The van der Waals surface area contributed by atoms with Gasteiger partial charge in [0.15, 0.2) is 5.92 Å². The van der Waals surface area contributed by atoms with Crippen LogP contribution in [0.4, 0.5) is 0 Å². The number of carbonyl (C=O) groups is 4. The van der Waals surface area contributed by atoms with Crippen molar-refractivity contribution in [1.82, 2.24) is 0 Å². The molecule has 0 atom stereocenters. The highest BCUT2D eigenvalue weighted by Gasteiger charge is 2.18. The molecule has 8 heteroatoms. The van der Waals surface area contributed by atoms with Gasteiger partial charge < -0.3 is 20.4 Å². The minimum Gasteiger partial charge on any atom is -0.481 e. The average Bonchev–Trinajstić information content (AvgIpc) is 2.03. The molecule has 0 heterocycles. The van der Waals surface area contributed by atoms with E-state index in [2.05, 4.69) is 0 Å². The van der Waals surface area contributed by atoms with Gasteiger partial charge in [-0.2, -0.15) is 0 Å². The summed E-state index contributed by atoms with van der Waals surface area (Å²) in [5.41, 5.74) is 0. The first-order valence-electron chi connectivity index (χ1n) is 3.12. The molecule has 0 saturated carbocycles. The summed E-state index contributed by atoms with van der Waals surface area (Å²) in [6.45, 7) is 1.12. The Labute approximate surface area is 77.4 Å². The molecule has 0 saturated heterocycles. The maximum absolute atomic E-state index is 9.76.